The molecule has 0 saturated carbocycles. The van der Waals surface area contributed by atoms with Gasteiger partial charge in [0.2, 0.25) is 0 Å². The molecule has 1 N–H and O–H groups in total. The SMILES string of the molecule is CC1=CSC2=NC(=O)C(=Cc3cc(C)n(-c4ccc(Cl)c(Cl)c4)c3C)C(=N)N12. The minimum Gasteiger partial charge on any atom is -0.318 e. The number of hydrogen-bond donors (Lipinski definition) is 1. The Hall–Kier alpha value is -2.28. The Labute approximate surface area is 176 Å². The zero-order chi connectivity index (χ0) is 20.2. The lowest BCUT2D eigenvalue weighted by Gasteiger charge is -2.25. The molecule has 0 fully saturated rings. The van der Waals surface area contributed by atoms with E-state index in [2.05, 4.69) is 4.99 Å². The lowest BCUT2D eigenvalue weighted by molar-refractivity contribution is -0.114. The van der Waals surface area contributed by atoms with Gasteiger partial charge in [0.15, 0.2) is 5.17 Å². The van der Waals surface area contributed by atoms with Crippen molar-refractivity contribution in [2.45, 2.75) is 20.8 Å². The molecule has 4 rings (SSSR count). The summed E-state index contributed by atoms with van der Waals surface area (Å²) in [7, 11) is 0. The first kappa shape index (κ1) is 19.1. The first-order chi connectivity index (χ1) is 13.3. The van der Waals surface area contributed by atoms with Crippen LogP contribution in [0.1, 0.15) is 23.9 Å². The molecule has 5 nitrogen and oxygen atoms in total. The monoisotopic (exact) mass is 430 g/mol. The van der Waals surface area contributed by atoms with Crippen LogP contribution in [-0.2, 0) is 4.79 Å². The van der Waals surface area contributed by atoms with Crippen LogP contribution in [0.15, 0.2) is 45.9 Å². The molecule has 1 aromatic carbocycles. The number of nitrogens with one attached hydrogen (secondary N) is 1. The van der Waals surface area contributed by atoms with Crippen LogP contribution in [0.25, 0.3) is 11.8 Å². The maximum absolute atomic E-state index is 12.5. The fourth-order valence-electron chi connectivity index (χ4n) is 3.35. The van der Waals surface area contributed by atoms with Crippen LogP contribution in [0.2, 0.25) is 10.0 Å². The molecule has 0 saturated heterocycles. The number of aromatic nitrogens is 1. The van der Waals surface area contributed by atoms with Crippen LogP contribution in [0.4, 0.5) is 0 Å². The quantitative estimate of drug-likeness (QED) is 0.633. The van der Waals surface area contributed by atoms with Crippen LogP contribution in [0, 0.1) is 19.3 Å². The molecule has 3 heterocycles. The lowest BCUT2D eigenvalue weighted by atomic mass is 10.1. The van der Waals surface area contributed by atoms with Gasteiger partial charge in [-0.25, -0.2) is 0 Å². The van der Waals surface area contributed by atoms with Crippen molar-refractivity contribution in [1.29, 1.82) is 5.41 Å². The maximum Gasteiger partial charge on any atom is 0.283 e. The van der Waals surface area contributed by atoms with Gasteiger partial charge in [0.1, 0.15) is 5.84 Å². The number of hydrogen-bond acceptors (Lipinski definition) is 3. The van der Waals surface area contributed by atoms with Crippen LogP contribution >= 0.6 is 35.0 Å². The lowest BCUT2D eigenvalue weighted by Crippen LogP contribution is -2.37. The van der Waals surface area contributed by atoms with E-state index in [0.717, 1.165) is 28.3 Å². The number of halogens is 2. The molecule has 28 heavy (non-hydrogen) atoms. The van der Waals surface area contributed by atoms with E-state index >= 15 is 0 Å². The first-order valence-electron chi connectivity index (χ1n) is 8.49. The van der Waals surface area contributed by atoms with Crippen LogP contribution in [-0.4, -0.2) is 26.4 Å². The normalized spacial score (nSPS) is 17.9. The molecule has 142 valence electrons. The fraction of sp³-hybridized carbons (Fsp3) is 0.150. The van der Waals surface area contributed by atoms with E-state index in [-0.39, 0.29) is 11.4 Å². The second kappa shape index (κ2) is 6.95. The van der Waals surface area contributed by atoms with Gasteiger partial charge in [0, 0.05) is 22.8 Å². The zero-order valence-corrected chi connectivity index (χ0v) is 17.7. The highest BCUT2D eigenvalue weighted by Gasteiger charge is 2.34. The summed E-state index contributed by atoms with van der Waals surface area (Å²) in [6, 6.07) is 7.44. The van der Waals surface area contributed by atoms with E-state index in [1.807, 2.05) is 42.9 Å². The Bertz CT molecular complexity index is 1140. The summed E-state index contributed by atoms with van der Waals surface area (Å²) < 4.78 is 2.04. The number of rotatable bonds is 2. The predicted octanol–water partition coefficient (Wildman–Crippen LogP) is 5.57. The number of thioether (sulfide) groups is 1. The predicted molar refractivity (Wildman–Crippen MR) is 117 cm³/mol. The molecule has 0 unspecified atom stereocenters. The van der Waals surface area contributed by atoms with Gasteiger partial charge in [-0.15, -0.1) is 0 Å². The zero-order valence-electron chi connectivity index (χ0n) is 15.4. The molecule has 1 amide bonds. The second-order valence-electron chi connectivity index (χ2n) is 6.58. The summed E-state index contributed by atoms with van der Waals surface area (Å²) in [6.07, 6.45) is 1.73. The number of aliphatic imine (C=N–C) groups is 1. The number of nitrogens with zero attached hydrogens (tertiary/aromatic N) is 3. The Kier molecular flexibility index (Phi) is 4.73. The molecule has 0 radical (unpaired) electrons. The first-order valence-corrected chi connectivity index (χ1v) is 10.1. The van der Waals surface area contributed by atoms with Gasteiger partial charge < -0.3 is 4.57 Å². The van der Waals surface area contributed by atoms with Crippen molar-refractivity contribution in [3.8, 4) is 5.69 Å². The largest absolute Gasteiger partial charge is 0.318 e. The number of amidine groups is 2. The third kappa shape index (κ3) is 3.02. The van der Waals surface area contributed by atoms with E-state index in [1.54, 1.807) is 23.1 Å². The molecule has 0 bridgehead atoms. The van der Waals surface area contributed by atoms with Gasteiger partial charge in [-0.1, -0.05) is 35.0 Å². The Balaban J connectivity index is 1.79. The summed E-state index contributed by atoms with van der Waals surface area (Å²) >= 11 is 13.6. The Morgan fingerprint density at radius 2 is 1.89 bits per heavy atom. The summed E-state index contributed by atoms with van der Waals surface area (Å²) in [5.41, 5.74) is 4.80. The van der Waals surface area contributed by atoms with Crippen molar-refractivity contribution in [3.05, 3.63) is 67.9 Å². The van der Waals surface area contributed by atoms with Crippen LogP contribution < -0.4 is 0 Å². The third-order valence-electron chi connectivity index (χ3n) is 4.72. The van der Waals surface area contributed by atoms with Gasteiger partial charge in [-0.3, -0.25) is 15.1 Å². The van der Waals surface area contributed by atoms with Crippen molar-refractivity contribution < 1.29 is 4.79 Å². The molecule has 8 heteroatoms. The molecule has 1 aromatic heterocycles. The smallest absolute Gasteiger partial charge is 0.283 e. The van der Waals surface area contributed by atoms with E-state index < -0.39 is 5.91 Å². The maximum atomic E-state index is 12.5. The molecule has 0 atom stereocenters. The van der Waals surface area contributed by atoms with Crippen LogP contribution in [0.5, 0.6) is 0 Å². The van der Waals surface area contributed by atoms with E-state index in [1.165, 1.54) is 11.8 Å². The van der Waals surface area contributed by atoms with Gasteiger partial charge in [-0.05, 0) is 62.1 Å². The Morgan fingerprint density at radius 1 is 1.14 bits per heavy atom. The summed E-state index contributed by atoms with van der Waals surface area (Å²) in [5.74, 6) is -0.251. The molecule has 2 aromatic rings. The standard InChI is InChI=1S/C20H16Cl2N4OS/c1-10-6-13(12(3)25(10)14-4-5-16(21)17(22)8-14)7-15-18(23)26-11(2)9-28-20(26)24-19(15)27/h4-9,23H,1-3H3. The minimum atomic E-state index is -0.397. The fourth-order valence-corrected chi connectivity index (χ4v) is 4.50. The third-order valence-corrected chi connectivity index (χ3v) is 6.40. The number of fused-ring (bicyclic) bond motifs is 1. The molecule has 0 spiro atoms. The van der Waals surface area contributed by atoms with E-state index in [9.17, 15) is 4.79 Å². The highest BCUT2D eigenvalue weighted by Crippen LogP contribution is 2.33. The van der Waals surface area contributed by atoms with Crippen LogP contribution in [0.3, 0.4) is 0 Å². The number of aryl methyl sites for hydroxylation is 1. The number of carbonyl (C=O) groups is 1. The number of carbonyl (C=O) groups excluding carboxylic acids is 1. The minimum absolute atomic E-state index is 0.146. The van der Waals surface area contributed by atoms with E-state index in [0.29, 0.717) is 15.2 Å². The van der Waals surface area contributed by atoms with Crippen molar-refractivity contribution >= 4 is 58.0 Å². The van der Waals surface area contributed by atoms with E-state index in [4.69, 9.17) is 28.6 Å². The van der Waals surface area contributed by atoms with Crippen molar-refractivity contribution in [2.75, 3.05) is 0 Å². The molecule has 2 aliphatic rings. The summed E-state index contributed by atoms with van der Waals surface area (Å²) in [6.45, 7) is 5.84. The number of allylic oxidation sites excluding steroid dienone is 1. The highest BCUT2D eigenvalue weighted by molar-refractivity contribution is 8.16. The molecule has 0 aliphatic carbocycles. The average Bonchev–Trinajstić information content (AvgIpc) is 3.14. The summed E-state index contributed by atoms with van der Waals surface area (Å²) in [5, 5.41) is 11.9. The Morgan fingerprint density at radius 3 is 2.61 bits per heavy atom. The highest BCUT2D eigenvalue weighted by atomic mass is 35.5. The van der Waals surface area contributed by atoms with Crippen molar-refractivity contribution in [3.63, 3.8) is 0 Å². The van der Waals surface area contributed by atoms with Gasteiger partial charge >= 0.3 is 0 Å². The molecule has 2 aliphatic heterocycles. The molecular weight excluding hydrogens is 415 g/mol. The molecular formula is C20H16Cl2N4OS. The second-order valence-corrected chi connectivity index (χ2v) is 8.23. The number of benzene rings is 1. The summed E-state index contributed by atoms with van der Waals surface area (Å²) in [4.78, 5) is 18.3. The average molecular weight is 431 g/mol. The number of amides is 1. The van der Waals surface area contributed by atoms with Gasteiger partial charge in [0.25, 0.3) is 5.91 Å². The van der Waals surface area contributed by atoms with Crippen molar-refractivity contribution in [2.24, 2.45) is 4.99 Å². The van der Waals surface area contributed by atoms with Gasteiger partial charge in [-0.2, -0.15) is 4.99 Å². The van der Waals surface area contributed by atoms with Gasteiger partial charge in [0.05, 0.1) is 15.6 Å². The van der Waals surface area contributed by atoms with Crippen molar-refractivity contribution in [1.82, 2.24) is 9.47 Å². The topological polar surface area (TPSA) is 61.5 Å².